The summed E-state index contributed by atoms with van der Waals surface area (Å²) < 4.78 is 68.1. The molecule has 0 heterocycles. The minimum Gasteiger partial charge on any atom is -0.486 e. The van der Waals surface area contributed by atoms with Crippen LogP contribution in [-0.2, 0) is 25.0 Å². The Morgan fingerprint density at radius 2 is 2.00 bits per heavy atom. The highest BCUT2D eigenvalue weighted by molar-refractivity contribution is 7.09. The maximum atomic E-state index is 14.6. The number of rotatable bonds is 12. The van der Waals surface area contributed by atoms with E-state index in [2.05, 4.69) is 14.2 Å². The first-order valence-corrected chi connectivity index (χ1v) is 11.4. The average molecular weight is 504 g/mol. The highest BCUT2D eigenvalue weighted by Gasteiger charge is 2.38. The van der Waals surface area contributed by atoms with E-state index in [1.54, 1.807) is 0 Å². The normalized spacial score (nSPS) is 21.8. The Balaban J connectivity index is 1.91. The summed E-state index contributed by atoms with van der Waals surface area (Å²) >= 11 is 0. The molecular weight excluding hydrogens is 475 g/mol. The van der Waals surface area contributed by atoms with E-state index < -0.39 is 24.5 Å². The Labute approximate surface area is 198 Å². The fourth-order valence-electron chi connectivity index (χ4n) is 3.71. The first kappa shape index (κ1) is 28.0. The Hall–Kier alpha value is -2.25. The van der Waals surface area contributed by atoms with Crippen molar-refractivity contribution in [1.29, 1.82) is 0 Å². The first-order chi connectivity index (χ1) is 16.2. The van der Waals surface area contributed by atoms with Crippen molar-refractivity contribution in [3.63, 3.8) is 0 Å². The Kier molecular flexibility index (Phi) is 11.2. The lowest BCUT2D eigenvalue weighted by atomic mass is 9.95. The molecule has 0 radical (unpaired) electrons. The number of hydrogen-bond acceptors (Lipinski definition) is 5. The van der Waals surface area contributed by atoms with Gasteiger partial charge in [-0.15, -0.1) is 0 Å². The van der Waals surface area contributed by atoms with E-state index in [-0.39, 0.29) is 42.4 Å². The molecule has 34 heavy (non-hydrogen) atoms. The molecule has 0 spiro atoms. The summed E-state index contributed by atoms with van der Waals surface area (Å²) in [7, 11) is 3.49. The van der Waals surface area contributed by atoms with Crippen molar-refractivity contribution in [2.24, 2.45) is 5.92 Å². The molecule has 2 rings (SSSR count). The van der Waals surface area contributed by atoms with Gasteiger partial charge in [-0.3, -0.25) is 9.59 Å². The molecule has 188 valence electrons. The number of Topliss-reactive ketones (excluding diaryl/α,β-unsaturated/α-hetero) is 1. The lowest BCUT2D eigenvalue weighted by Gasteiger charge is -2.17. The van der Waals surface area contributed by atoms with Gasteiger partial charge in [-0.1, -0.05) is 24.3 Å². The zero-order chi connectivity index (χ0) is 25.1. The van der Waals surface area contributed by atoms with Gasteiger partial charge >= 0.3 is 12.1 Å². The van der Waals surface area contributed by atoms with Gasteiger partial charge in [-0.2, -0.15) is 13.2 Å². The monoisotopic (exact) mass is 504 g/mol. The van der Waals surface area contributed by atoms with Crippen molar-refractivity contribution in [3.05, 3.63) is 53.6 Å². The van der Waals surface area contributed by atoms with E-state index in [0.29, 0.717) is 31.3 Å². The van der Waals surface area contributed by atoms with Crippen LogP contribution in [0, 0.1) is 5.92 Å². The summed E-state index contributed by atoms with van der Waals surface area (Å²) in [5.41, 5.74) is -0.394. The van der Waals surface area contributed by atoms with E-state index in [1.165, 1.54) is 25.3 Å². The Morgan fingerprint density at radius 3 is 2.68 bits per heavy atom. The predicted molar refractivity (Wildman–Crippen MR) is 122 cm³/mol. The summed E-state index contributed by atoms with van der Waals surface area (Å²) in [6.45, 7) is -0.420. The molecule has 4 atom stereocenters. The van der Waals surface area contributed by atoms with Gasteiger partial charge in [0.2, 0.25) is 0 Å². The van der Waals surface area contributed by atoms with E-state index in [9.17, 15) is 27.2 Å². The highest BCUT2D eigenvalue weighted by Crippen LogP contribution is 2.39. The molecule has 1 aromatic carbocycles. The molecule has 5 nitrogen and oxygen atoms in total. The largest absolute Gasteiger partial charge is 0.486 e. The SMILES string of the molecule is COC(=O)CCCC=CC[C@@H]1C(=CCC(=O)COc2cccc(C(F)(F)F)c2)C(F)CC1OP. The number of carbonyl (C=O) groups excluding carboxylic acids is 2. The third-order valence-corrected chi connectivity index (χ3v) is 5.86. The van der Waals surface area contributed by atoms with Crippen molar-refractivity contribution in [2.75, 3.05) is 13.7 Å². The summed E-state index contributed by atoms with van der Waals surface area (Å²) in [4.78, 5) is 23.4. The Morgan fingerprint density at radius 1 is 1.24 bits per heavy atom. The molecule has 1 saturated carbocycles. The number of hydrogen-bond donors (Lipinski definition) is 0. The lowest BCUT2D eigenvalue weighted by molar-refractivity contribution is -0.140. The molecule has 1 aromatic rings. The second-order valence-electron chi connectivity index (χ2n) is 7.92. The quantitative estimate of drug-likeness (QED) is 0.119. The summed E-state index contributed by atoms with van der Waals surface area (Å²) in [6.07, 6.45) is 1.47. The number of allylic oxidation sites excluding steroid dienone is 3. The molecule has 0 aliphatic heterocycles. The zero-order valence-electron chi connectivity index (χ0n) is 18.9. The van der Waals surface area contributed by atoms with Gasteiger partial charge in [-0.05, 0) is 43.0 Å². The molecule has 1 fully saturated rings. The molecule has 0 amide bonds. The maximum Gasteiger partial charge on any atom is 0.416 e. The predicted octanol–water partition coefficient (Wildman–Crippen LogP) is 5.79. The van der Waals surface area contributed by atoms with Gasteiger partial charge in [-0.25, -0.2) is 4.39 Å². The number of benzene rings is 1. The van der Waals surface area contributed by atoms with Crippen LogP contribution in [0.15, 0.2) is 48.1 Å². The van der Waals surface area contributed by atoms with Crippen molar-refractivity contribution in [2.45, 2.75) is 57.0 Å². The molecule has 10 heteroatoms. The van der Waals surface area contributed by atoms with Crippen LogP contribution in [-0.4, -0.2) is 37.7 Å². The van der Waals surface area contributed by atoms with Crippen LogP contribution >= 0.6 is 9.47 Å². The van der Waals surface area contributed by atoms with Gasteiger partial charge in [0.05, 0.1) is 18.8 Å². The number of methoxy groups -OCH3 is 1. The van der Waals surface area contributed by atoms with Crippen molar-refractivity contribution < 1.29 is 41.1 Å². The van der Waals surface area contributed by atoms with Gasteiger partial charge in [0.15, 0.2) is 5.78 Å². The molecule has 3 unspecified atom stereocenters. The van der Waals surface area contributed by atoms with E-state index in [0.717, 1.165) is 12.1 Å². The van der Waals surface area contributed by atoms with Crippen LogP contribution in [0.4, 0.5) is 17.6 Å². The molecule has 0 bridgehead atoms. The van der Waals surface area contributed by atoms with Gasteiger partial charge in [0, 0.05) is 34.6 Å². The number of ketones is 1. The van der Waals surface area contributed by atoms with E-state index in [1.807, 2.05) is 12.2 Å². The van der Waals surface area contributed by atoms with Crippen LogP contribution in [0.2, 0.25) is 0 Å². The topological polar surface area (TPSA) is 61.8 Å². The van der Waals surface area contributed by atoms with Gasteiger partial charge < -0.3 is 14.0 Å². The number of ether oxygens (including phenoxy) is 2. The number of carbonyl (C=O) groups is 2. The lowest BCUT2D eigenvalue weighted by Crippen LogP contribution is -2.15. The minimum atomic E-state index is -4.51. The maximum absolute atomic E-state index is 14.6. The second kappa shape index (κ2) is 13.6. The number of unbranched alkanes of at least 4 members (excludes halogenated alkanes) is 1. The fourth-order valence-corrected chi connectivity index (χ4v) is 4.01. The van der Waals surface area contributed by atoms with Crippen LogP contribution in [0.5, 0.6) is 5.75 Å². The highest BCUT2D eigenvalue weighted by atomic mass is 31.0. The average Bonchev–Trinajstić information content (AvgIpc) is 3.12. The fraction of sp³-hybridized carbons (Fsp3) is 0.500. The van der Waals surface area contributed by atoms with E-state index in [4.69, 9.17) is 9.26 Å². The van der Waals surface area contributed by atoms with Gasteiger partial charge in [0.25, 0.3) is 0 Å². The van der Waals surface area contributed by atoms with Crippen molar-refractivity contribution in [3.8, 4) is 5.75 Å². The number of esters is 1. The van der Waals surface area contributed by atoms with Crippen molar-refractivity contribution >= 4 is 21.2 Å². The standard InChI is InChI=1S/C24H29F4O5P/c1-31-23(30)10-5-3-2-4-9-20-19(21(25)14-22(20)33-34)12-11-17(29)15-32-18-8-6-7-16(13-18)24(26,27)28/h2,4,6-8,12-13,20-22H,3,5,9-11,14-15,34H2,1H3/t20-,21?,22?/m1/s1. The zero-order valence-corrected chi connectivity index (χ0v) is 20.0. The van der Waals surface area contributed by atoms with Crippen LogP contribution in [0.25, 0.3) is 0 Å². The van der Waals surface area contributed by atoms with Crippen LogP contribution in [0.3, 0.4) is 0 Å². The second-order valence-corrected chi connectivity index (χ2v) is 8.19. The number of alkyl halides is 4. The Bertz CT molecular complexity index is 884. The summed E-state index contributed by atoms with van der Waals surface area (Å²) in [5.74, 6) is -0.967. The molecule has 0 saturated heterocycles. The molecule has 0 aromatic heterocycles. The first-order valence-electron chi connectivity index (χ1n) is 10.9. The molecular formula is C24H29F4O5P. The van der Waals surface area contributed by atoms with Gasteiger partial charge in [0.1, 0.15) is 18.5 Å². The number of halogens is 4. The molecule has 0 N–H and O–H groups in total. The van der Waals surface area contributed by atoms with E-state index >= 15 is 0 Å². The summed E-state index contributed by atoms with van der Waals surface area (Å²) in [5, 5.41) is 0. The smallest absolute Gasteiger partial charge is 0.416 e. The third-order valence-electron chi connectivity index (χ3n) is 5.52. The third kappa shape index (κ3) is 8.84. The minimum absolute atomic E-state index is 0.0632. The van der Waals surface area contributed by atoms with Crippen LogP contribution < -0.4 is 4.74 Å². The molecule has 1 aliphatic carbocycles. The van der Waals surface area contributed by atoms with Crippen LogP contribution in [0.1, 0.15) is 44.1 Å². The van der Waals surface area contributed by atoms with Crippen molar-refractivity contribution in [1.82, 2.24) is 0 Å². The molecule has 1 aliphatic rings. The summed E-state index contributed by atoms with van der Waals surface area (Å²) in [6, 6.07) is 4.28.